The van der Waals surface area contributed by atoms with E-state index in [1.54, 1.807) is 0 Å². The van der Waals surface area contributed by atoms with Gasteiger partial charge in [-0.2, -0.15) is 0 Å². The summed E-state index contributed by atoms with van der Waals surface area (Å²) in [6.45, 7) is 7.70. The Morgan fingerprint density at radius 1 is 1.33 bits per heavy atom. The van der Waals surface area contributed by atoms with E-state index in [0.29, 0.717) is 5.54 Å². The topological polar surface area (TPSA) is 29.3 Å². The summed E-state index contributed by atoms with van der Waals surface area (Å²) in [6, 6.07) is 0. The highest BCUT2D eigenvalue weighted by molar-refractivity contribution is 4.98. The fourth-order valence-corrected chi connectivity index (χ4v) is 2.23. The number of rotatable bonds is 5. The Morgan fingerprint density at radius 2 is 2.00 bits per heavy atom. The number of nitrogens with two attached hydrogens (primary N) is 1. The van der Waals surface area contributed by atoms with Crippen molar-refractivity contribution in [1.82, 2.24) is 4.90 Å². The molecule has 0 bridgehead atoms. The Morgan fingerprint density at radius 3 is 2.25 bits per heavy atom. The molecule has 72 valence electrons. The molecule has 0 saturated heterocycles. The lowest BCUT2D eigenvalue weighted by atomic mass is 9.75. The van der Waals surface area contributed by atoms with Gasteiger partial charge in [-0.1, -0.05) is 13.8 Å². The fourth-order valence-electron chi connectivity index (χ4n) is 2.23. The first-order valence-electron chi connectivity index (χ1n) is 5.24. The van der Waals surface area contributed by atoms with Crippen LogP contribution >= 0.6 is 0 Å². The van der Waals surface area contributed by atoms with Crippen LogP contribution in [0.5, 0.6) is 0 Å². The predicted octanol–water partition coefficient (Wildman–Crippen LogP) is 1.60. The molecule has 12 heavy (non-hydrogen) atoms. The van der Waals surface area contributed by atoms with Crippen molar-refractivity contribution in [2.24, 2.45) is 5.73 Å². The standard InChI is InChI=1S/C10H22N2/c1-3-8-12(4-2)10(9-11)6-5-7-10/h3-9,11H2,1-2H3. The van der Waals surface area contributed by atoms with Gasteiger partial charge in [0.25, 0.3) is 0 Å². The van der Waals surface area contributed by atoms with Crippen LogP contribution in [0.2, 0.25) is 0 Å². The second-order valence-corrected chi connectivity index (χ2v) is 3.86. The van der Waals surface area contributed by atoms with Crippen molar-refractivity contribution in [3.05, 3.63) is 0 Å². The van der Waals surface area contributed by atoms with Crippen molar-refractivity contribution in [2.75, 3.05) is 19.6 Å². The van der Waals surface area contributed by atoms with Crippen molar-refractivity contribution < 1.29 is 0 Å². The average molecular weight is 170 g/mol. The average Bonchev–Trinajstić information content (AvgIpc) is 2.02. The molecule has 1 aliphatic rings. The Labute approximate surface area is 76.1 Å². The monoisotopic (exact) mass is 170 g/mol. The van der Waals surface area contributed by atoms with E-state index in [1.165, 1.54) is 32.2 Å². The van der Waals surface area contributed by atoms with Crippen LogP contribution in [0, 0.1) is 0 Å². The summed E-state index contributed by atoms with van der Waals surface area (Å²) in [5.74, 6) is 0. The van der Waals surface area contributed by atoms with Gasteiger partial charge in [0.2, 0.25) is 0 Å². The molecule has 0 aromatic rings. The summed E-state index contributed by atoms with van der Waals surface area (Å²) in [5.41, 5.74) is 6.23. The van der Waals surface area contributed by atoms with Gasteiger partial charge in [0.05, 0.1) is 0 Å². The molecule has 2 N–H and O–H groups in total. The molecule has 1 saturated carbocycles. The number of hydrogen-bond acceptors (Lipinski definition) is 2. The smallest absolute Gasteiger partial charge is 0.0331 e. The third-order valence-corrected chi connectivity index (χ3v) is 3.21. The summed E-state index contributed by atoms with van der Waals surface area (Å²) >= 11 is 0. The number of nitrogens with zero attached hydrogens (tertiary/aromatic N) is 1. The van der Waals surface area contributed by atoms with Crippen LogP contribution in [0.3, 0.4) is 0 Å². The summed E-state index contributed by atoms with van der Waals surface area (Å²) in [6.07, 6.45) is 5.25. The first kappa shape index (κ1) is 10.0. The molecule has 2 heteroatoms. The van der Waals surface area contributed by atoms with E-state index < -0.39 is 0 Å². The van der Waals surface area contributed by atoms with Crippen LogP contribution in [0.1, 0.15) is 39.5 Å². The highest BCUT2D eigenvalue weighted by atomic mass is 15.2. The van der Waals surface area contributed by atoms with Gasteiger partial charge in [-0.05, 0) is 38.8 Å². The molecule has 1 aliphatic carbocycles. The van der Waals surface area contributed by atoms with Crippen LogP contribution in [0.15, 0.2) is 0 Å². The molecule has 1 fully saturated rings. The third kappa shape index (κ3) is 1.64. The Kier molecular flexibility index (Phi) is 3.53. The Balaban J connectivity index is 2.49. The zero-order valence-electron chi connectivity index (χ0n) is 8.47. The van der Waals surface area contributed by atoms with E-state index in [4.69, 9.17) is 5.73 Å². The number of hydrogen-bond donors (Lipinski definition) is 1. The highest BCUT2D eigenvalue weighted by Crippen LogP contribution is 2.36. The van der Waals surface area contributed by atoms with Crippen molar-refractivity contribution in [1.29, 1.82) is 0 Å². The molecule has 2 nitrogen and oxygen atoms in total. The second kappa shape index (κ2) is 4.24. The molecule has 0 amide bonds. The van der Waals surface area contributed by atoms with Crippen molar-refractivity contribution >= 4 is 0 Å². The van der Waals surface area contributed by atoms with Gasteiger partial charge in [0, 0.05) is 12.1 Å². The van der Waals surface area contributed by atoms with Gasteiger partial charge in [0.15, 0.2) is 0 Å². The van der Waals surface area contributed by atoms with Gasteiger partial charge in [-0.15, -0.1) is 0 Å². The maximum absolute atomic E-state index is 5.83. The van der Waals surface area contributed by atoms with Gasteiger partial charge in [-0.25, -0.2) is 0 Å². The molecule has 0 heterocycles. The van der Waals surface area contributed by atoms with Crippen molar-refractivity contribution in [2.45, 2.75) is 45.1 Å². The van der Waals surface area contributed by atoms with E-state index in [2.05, 4.69) is 18.7 Å². The van der Waals surface area contributed by atoms with E-state index in [1.807, 2.05) is 0 Å². The Bertz CT molecular complexity index is 124. The molecule has 0 spiro atoms. The van der Waals surface area contributed by atoms with E-state index in [0.717, 1.165) is 13.1 Å². The zero-order valence-corrected chi connectivity index (χ0v) is 8.47. The van der Waals surface area contributed by atoms with E-state index >= 15 is 0 Å². The van der Waals surface area contributed by atoms with Gasteiger partial charge < -0.3 is 5.73 Å². The summed E-state index contributed by atoms with van der Waals surface area (Å²) in [7, 11) is 0. The molecule has 0 atom stereocenters. The van der Waals surface area contributed by atoms with Crippen LogP contribution in [-0.2, 0) is 0 Å². The van der Waals surface area contributed by atoms with Crippen molar-refractivity contribution in [3.63, 3.8) is 0 Å². The molecular formula is C10H22N2. The molecule has 1 rings (SSSR count). The van der Waals surface area contributed by atoms with Gasteiger partial charge in [-0.3, -0.25) is 4.90 Å². The number of likely N-dealkylation sites (N-methyl/N-ethyl adjacent to an activating group) is 1. The maximum atomic E-state index is 5.83. The Hall–Kier alpha value is -0.0800. The third-order valence-electron chi connectivity index (χ3n) is 3.21. The first-order valence-corrected chi connectivity index (χ1v) is 5.24. The minimum Gasteiger partial charge on any atom is -0.329 e. The largest absolute Gasteiger partial charge is 0.329 e. The van der Waals surface area contributed by atoms with E-state index in [-0.39, 0.29) is 0 Å². The molecule has 0 aromatic heterocycles. The maximum Gasteiger partial charge on any atom is 0.0331 e. The predicted molar refractivity (Wildman–Crippen MR) is 53.2 cm³/mol. The molecule has 0 aromatic carbocycles. The van der Waals surface area contributed by atoms with Crippen LogP contribution in [0.4, 0.5) is 0 Å². The molecule has 0 radical (unpaired) electrons. The van der Waals surface area contributed by atoms with Crippen molar-refractivity contribution in [3.8, 4) is 0 Å². The quantitative estimate of drug-likeness (QED) is 0.679. The molecular weight excluding hydrogens is 148 g/mol. The summed E-state index contributed by atoms with van der Waals surface area (Å²) < 4.78 is 0. The first-order chi connectivity index (χ1) is 5.79. The molecule has 0 unspecified atom stereocenters. The lowest BCUT2D eigenvalue weighted by Crippen LogP contribution is -2.58. The van der Waals surface area contributed by atoms with Crippen LogP contribution < -0.4 is 5.73 Å². The summed E-state index contributed by atoms with van der Waals surface area (Å²) in [4.78, 5) is 2.57. The van der Waals surface area contributed by atoms with Crippen LogP contribution in [-0.4, -0.2) is 30.1 Å². The highest BCUT2D eigenvalue weighted by Gasteiger charge is 2.39. The minimum atomic E-state index is 0.394. The van der Waals surface area contributed by atoms with Gasteiger partial charge >= 0.3 is 0 Å². The fraction of sp³-hybridized carbons (Fsp3) is 1.00. The van der Waals surface area contributed by atoms with E-state index in [9.17, 15) is 0 Å². The molecule has 0 aliphatic heterocycles. The lowest BCUT2D eigenvalue weighted by Gasteiger charge is -2.49. The van der Waals surface area contributed by atoms with Gasteiger partial charge in [0.1, 0.15) is 0 Å². The second-order valence-electron chi connectivity index (χ2n) is 3.86. The minimum absolute atomic E-state index is 0.394. The normalized spacial score (nSPS) is 21.0. The lowest BCUT2D eigenvalue weighted by molar-refractivity contribution is 0.0278. The summed E-state index contributed by atoms with van der Waals surface area (Å²) in [5, 5.41) is 0. The van der Waals surface area contributed by atoms with Crippen LogP contribution in [0.25, 0.3) is 0 Å². The zero-order chi connectivity index (χ0) is 9.03. The SMILES string of the molecule is CCCN(CC)C1(CN)CCC1.